The average Bonchev–Trinajstić information content (AvgIpc) is 2.63. The van der Waals surface area contributed by atoms with Gasteiger partial charge in [0.1, 0.15) is 16.2 Å². The SMILES string of the molecule is Cc1nc(Br)cc(NCCc2ccnn2C)n1. The van der Waals surface area contributed by atoms with E-state index in [1.807, 2.05) is 30.8 Å². The molecule has 90 valence electrons. The zero-order valence-corrected chi connectivity index (χ0v) is 11.4. The van der Waals surface area contributed by atoms with Gasteiger partial charge in [-0.05, 0) is 28.9 Å². The van der Waals surface area contributed by atoms with Crippen LogP contribution < -0.4 is 5.32 Å². The van der Waals surface area contributed by atoms with Gasteiger partial charge in [-0.25, -0.2) is 9.97 Å². The lowest BCUT2D eigenvalue weighted by molar-refractivity contribution is 0.711. The summed E-state index contributed by atoms with van der Waals surface area (Å²) in [6.07, 6.45) is 2.72. The lowest BCUT2D eigenvalue weighted by atomic mass is 10.3. The first-order valence-corrected chi connectivity index (χ1v) is 6.16. The summed E-state index contributed by atoms with van der Waals surface area (Å²) in [4.78, 5) is 8.46. The lowest BCUT2D eigenvalue weighted by Crippen LogP contribution is -2.10. The fourth-order valence-electron chi connectivity index (χ4n) is 1.59. The van der Waals surface area contributed by atoms with Gasteiger partial charge < -0.3 is 5.32 Å². The minimum atomic E-state index is 0.752. The molecule has 0 radical (unpaired) electrons. The molecule has 0 spiro atoms. The smallest absolute Gasteiger partial charge is 0.130 e. The molecule has 1 N–H and O–H groups in total. The van der Waals surface area contributed by atoms with Gasteiger partial charge in [0.25, 0.3) is 0 Å². The van der Waals surface area contributed by atoms with Crippen LogP contribution in [0.25, 0.3) is 0 Å². The number of aromatic nitrogens is 4. The molecule has 6 heteroatoms. The van der Waals surface area contributed by atoms with Crippen molar-refractivity contribution in [2.24, 2.45) is 7.05 Å². The summed E-state index contributed by atoms with van der Waals surface area (Å²) in [6.45, 7) is 2.69. The number of nitrogens with one attached hydrogen (secondary N) is 1. The molecular weight excluding hydrogens is 282 g/mol. The summed E-state index contributed by atoms with van der Waals surface area (Å²) in [5, 5.41) is 7.40. The van der Waals surface area contributed by atoms with Gasteiger partial charge in [0, 0.05) is 38.0 Å². The van der Waals surface area contributed by atoms with E-state index in [0.29, 0.717) is 0 Å². The van der Waals surface area contributed by atoms with E-state index >= 15 is 0 Å². The van der Waals surface area contributed by atoms with Crippen LogP contribution in [0, 0.1) is 6.92 Å². The molecule has 0 aliphatic carbocycles. The summed E-state index contributed by atoms with van der Waals surface area (Å²) >= 11 is 3.35. The number of hydrogen-bond donors (Lipinski definition) is 1. The van der Waals surface area contributed by atoms with Crippen LogP contribution in [0.4, 0.5) is 5.82 Å². The van der Waals surface area contributed by atoms with Crippen LogP contribution in [0.1, 0.15) is 11.5 Å². The van der Waals surface area contributed by atoms with Crippen LogP contribution >= 0.6 is 15.9 Å². The van der Waals surface area contributed by atoms with E-state index in [9.17, 15) is 0 Å². The van der Waals surface area contributed by atoms with Gasteiger partial charge in [-0.1, -0.05) is 0 Å². The minimum Gasteiger partial charge on any atom is -0.370 e. The van der Waals surface area contributed by atoms with E-state index in [4.69, 9.17) is 0 Å². The molecule has 2 rings (SSSR count). The molecule has 5 nitrogen and oxygen atoms in total. The summed E-state index contributed by atoms with van der Waals surface area (Å²) < 4.78 is 2.68. The Bertz CT molecular complexity index is 488. The van der Waals surface area contributed by atoms with Crippen molar-refractivity contribution in [2.45, 2.75) is 13.3 Å². The van der Waals surface area contributed by atoms with Gasteiger partial charge in [-0.15, -0.1) is 0 Å². The highest BCUT2D eigenvalue weighted by molar-refractivity contribution is 9.10. The second kappa shape index (κ2) is 5.27. The van der Waals surface area contributed by atoms with Crippen molar-refractivity contribution in [1.29, 1.82) is 0 Å². The standard InChI is InChI=1S/C11H14BrN5/c1-8-15-10(12)7-11(16-8)13-5-3-9-4-6-14-17(9)2/h4,6-7H,3,5H2,1-2H3,(H,13,15,16). The molecule has 0 saturated heterocycles. The van der Waals surface area contributed by atoms with Crippen LogP contribution in [0.3, 0.4) is 0 Å². The summed E-state index contributed by atoms with van der Waals surface area (Å²) in [7, 11) is 1.95. The highest BCUT2D eigenvalue weighted by Gasteiger charge is 2.01. The third-order valence-electron chi connectivity index (χ3n) is 2.42. The minimum absolute atomic E-state index is 0.752. The Hall–Kier alpha value is -1.43. The Morgan fingerprint density at radius 3 is 2.88 bits per heavy atom. The number of hydrogen-bond acceptors (Lipinski definition) is 4. The predicted molar refractivity (Wildman–Crippen MR) is 69.9 cm³/mol. The molecule has 0 atom stereocenters. The molecule has 0 aliphatic heterocycles. The Morgan fingerprint density at radius 1 is 1.41 bits per heavy atom. The lowest BCUT2D eigenvalue weighted by Gasteiger charge is -2.06. The molecule has 0 bridgehead atoms. The van der Waals surface area contributed by atoms with Crippen LogP contribution in [0.5, 0.6) is 0 Å². The highest BCUT2D eigenvalue weighted by Crippen LogP contribution is 2.11. The Balaban J connectivity index is 1.92. The van der Waals surface area contributed by atoms with Crippen molar-refractivity contribution in [2.75, 3.05) is 11.9 Å². The van der Waals surface area contributed by atoms with Crippen LogP contribution in [-0.2, 0) is 13.5 Å². The van der Waals surface area contributed by atoms with Crippen molar-refractivity contribution in [3.8, 4) is 0 Å². The highest BCUT2D eigenvalue weighted by atomic mass is 79.9. The fraction of sp³-hybridized carbons (Fsp3) is 0.364. The van der Waals surface area contributed by atoms with Crippen molar-refractivity contribution >= 4 is 21.7 Å². The van der Waals surface area contributed by atoms with Crippen molar-refractivity contribution < 1.29 is 0 Å². The van der Waals surface area contributed by atoms with Gasteiger partial charge in [0.2, 0.25) is 0 Å². The maximum atomic E-state index is 4.30. The first kappa shape index (κ1) is 12.0. The van der Waals surface area contributed by atoms with Crippen LogP contribution in [0.2, 0.25) is 0 Å². The van der Waals surface area contributed by atoms with Gasteiger partial charge in [-0.2, -0.15) is 5.10 Å². The zero-order valence-electron chi connectivity index (χ0n) is 9.81. The maximum absolute atomic E-state index is 4.30. The van der Waals surface area contributed by atoms with Crippen molar-refractivity contribution in [1.82, 2.24) is 19.7 Å². The first-order chi connectivity index (χ1) is 8.15. The molecule has 2 aromatic heterocycles. The van der Waals surface area contributed by atoms with E-state index in [0.717, 1.165) is 29.2 Å². The van der Waals surface area contributed by atoms with Gasteiger partial charge in [0.15, 0.2) is 0 Å². The van der Waals surface area contributed by atoms with Crippen molar-refractivity contribution in [3.05, 3.63) is 34.5 Å². The van der Waals surface area contributed by atoms with E-state index in [1.165, 1.54) is 5.69 Å². The summed E-state index contributed by atoms with van der Waals surface area (Å²) in [6, 6.07) is 3.89. The van der Waals surface area contributed by atoms with E-state index in [2.05, 4.69) is 36.3 Å². The molecule has 0 amide bonds. The fourth-order valence-corrected chi connectivity index (χ4v) is 2.06. The molecule has 0 unspecified atom stereocenters. The predicted octanol–water partition coefficient (Wildman–Crippen LogP) is 1.94. The largest absolute Gasteiger partial charge is 0.370 e. The zero-order chi connectivity index (χ0) is 12.3. The Morgan fingerprint density at radius 2 is 2.24 bits per heavy atom. The number of aryl methyl sites for hydroxylation is 2. The van der Waals surface area contributed by atoms with Gasteiger partial charge in [-0.3, -0.25) is 4.68 Å². The van der Waals surface area contributed by atoms with Crippen LogP contribution in [0.15, 0.2) is 22.9 Å². The van der Waals surface area contributed by atoms with Gasteiger partial charge >= 0.3 is 0 Å². The molecule has 0 fully saturated rings. The molecule has 2 aromatic rings. The molecule has 0 saturated carbocycles. The van der Waals surface area contributed by atoms with Crippen molar-refractivity contribution in [3.63, 3.8) is 0 Å². The van der Waals surface area contributed by atoms with Crippen LogP contribution in [-0.4, -0.2) is 26.3 Å². The molecule has 0 aliphatic rings. The normalized spacial score (nSPS) is 10.5. The Labute approximate surface area is 108 Å². The molecule has 2 heterocycles. The molecular formula is C11H14BrN5. The van der Waals surface area contributed by atoms with Gasteiger partial charge in [0.05, 0.1) is 0 Å². The third-order valence-corrected chi connectivity index (χ3v) is 2.82. The van der Waals surface area contributed by atoms with E-state index < -0.39 is 0 Å². The maximum Gasteiger partial charge on any atom is 0.130 e. The molecule has 17 heavy (non-hydrogen) atoms. The number of nitrogens with zero attached hydrogens (tertiary/aromatic N) is 4. The topological polar surface area (TPSA) is 55.6 Å². The molecule has 0 aromatic carbocycles. The first-order valence-electron chi connectivity index (χ1n) is 5.37. The summed E-state index contributed by atoms with van der Waals surface area (Å²) in [5.74, 6) is 1.59. The second-order valence-electron chi connectivity index (χ2n) is 3.75. The quantitative estimate of drug-likeness (QED) is 0.876. The van der Waals surface area contributed by atoms with E-state index in [-0.39, 0.29) is 0 Å². The number of rotatable bonds is 4. The summed E-state index contributed by atoms with van der Waals surface area (Å²) in [5.41, 5.74) is 1.20. The van der Waals surface area contributed by atoms with E-state index in [1.54, 1.807) is 6.20 Å². The monoisotopic (exact) mass is 295 g/mol. The third kappa shape index (κ3) is 3.26. The Kier molecular flexibility index (Phi) is 3.73. The number of halogens is 1. The second-order valence-corrected chi connectivity index (χ2v) is 4.56. The average molecular weight is 296 g/mol. The number of anilines is 1.